The molecule has 2 aromatic carbocycles. The van der Waals surface area contributed by atoms with Gasteiger partial charge in [-0.15, -0.1) is 0 Å². The van der Waals surface area contributed by atoms with Gasteiger partial charge in [0.25, 0.3) is 0 Å². The van der Waals surface area contributed by atoms with Gasteiger partial charge >= 0.3 is 0 Å². The number of hydrogen-bond acceptors (Lipinski definition) is 1. The summed E-state index contributed by atoms with van der Waals surface area (Å²) in [7, 11) is 2.38. The van der Waals surface area contributed by atoms with Crippen LogP contribution in [-0.2, 0) is 5.41 Å². The van der Waals surface area contributed by atoms with Crippen molar-refractivity contribution in [3.8, 4) is 6.07 Å². The lowest BCUT2D eigenvalue weighted by atomic mass is 9.71. The summed E-state index contributed by atoms with van der Waals surface area (Å²) in [4.78, 5) is 0. The molecule has 0 bridgehead atoms. The maximum Gasteiger partial charge on any atom is 0.113 e. The molecule has 0 saturated carbocycles. The molecule has 0 radical (unpaired) electrons. The molecule has 1 aliphatic heterocycles. The fourth-order valence-corrected chi connectivity index (χ4v) is 4.36. The molecule has 25 heavy (non-hydrogen) atoms. The Labute approximate surface area is 152 Å². The van der Waals surface area contributed by atoms with Gasteiger partial charge in [-0.1, -0.05) is 60.7 Å². The van der Waals surface area contributed by atoms with Gasteiger partial charge in [0.1, 0.15) is 5.41 Å². The monoisotopic (exact) mass is 333 g/mol. The van der Waals surface area contributed by atoms with Gasteiger partial charge in [0, 0.05) is 6.42 Å². The van der Waals surface area contributed by atoms with E-state index < -0.39 is 5.41 Å². The molecule has 1 heterocycles. The normalized spacial score (nSPS) is 18.3. The van der Waals surface area contributed by atoms with Crippen LogP contribution in [0.5, 0.6) is 0 Å². The minimum atomic E-state index is -0.583. The molecule has 1 saturated heterocycles. The smallest absolute Gasteiger partial charge is 0.113 e. The summed E-state index contributed by atoms with van der Waals surface area (Å²) >= 11 is 0. The van der Waals surface area contributed by atoms with Crippen molar-refractivity contribution in [2.75, 3.05) is 20.1 Å². The van der Waals surface area contributed by atoms with E-state index in [1.807, 2.05) is 36.4 Å². The Morgan fingerprint density at radius 2 is 1.40 bits per heavy atom. The molecule has 0 aromatic heterocycles. The molecule has 0 amide bonds. The van der Waals surface area contributed by atoms with Crippen LogP contribution >= 0.6 is 0 Å². The first-order valence-electron chi connectivity index (χ1n) is 9.47. The van der Waals surface area contributed by atoms with E-state index in [1.165, 1.54) is 32.4 Å². The molecule has 130 valence electrons. The highest BCUT2D eigenvalue weighted by molar-refractivity contribution is 5.45. The van der Waals surface area contributed by atoms with Crippen molar-refractivity contribution in [2.24, 2.45) is 0 Å². The number of benzene rings is 2. The lowest BCUT2D eigenvalue weighted by Crippen LogP contribution is -2.55. The van der Waals surface area contributed by atoms with E-state index in [1.54, 1.807) is 0 Å². The Kier molecular flexibility index (Phi) is 5.25. The van der Waals surface area contributed by atoms with Gasteiger partial charge in [0.15, 0.2) is 0 Å². The highest BCUT2D eigenvalue weighted by Crippen LogP contribution is 2.39. The summed E-state index contributed by atoms with van der Waals surface area (Å²) in [6, 6.07) is 23.9. The van der Waals surface area contributed by atoms with Gasteiger partial charge < -0.3 is 4.48 Å². The van der Waals surface area contributed by atoms with Crippen molar-refractivity contribution in [1.82, 2.24) is 0 Å². The van der Waals surface area contributed by atoms with Crippen LogP contribution in [0.25, 0.3) is 0 Å². The average molecular weight is 333 g/mol. The van der Waals surface area contributed by atoms with Crippen molar-refractivity contribution in [1.29, 1.82) is 5.26 Å². The summed E-state index contributed by atoms with van der Waals surface area (Å²) < 4.78 is 1.09. The van der Waals surface area contributed by atoms with Crippen LogP contribution in [0.4, 0.5) is 0 Å². The third-order valence-electron chi connectivity index (χ3n) is 6.23. The Morgan fingerprint density at radius 3 is 1.84 bits per heavy atom. The van der Waals surface area contributed by atoms with Crippen molar-refractivity contribution in [2.45, 2.75) is 44.1 Å². The minimum absolute atomic E-state index is 0.445. The van der Waals surface area contributed by atoms with Crippen molar-refractivity contribution in [3.05, 3.63) is 71.8 Å². The highest BCUT2D eigenvalue weighted by Gasteiger charge is 2.42. The largest absolute Gasteiger partial charge is 0.324 e. The van der Waals surface area contributed by atoms with Crippen LogP contribution in [0.3, 0.4) is 0 Å². The lowest BCUT2D eigenvalue weighted by Gasteiger charge is -2.45. The molecule has 2 aromatic rings. The van der Waals surface area contributed by atoms with Gasteiger partial charge in [-0.05, 0) is 37.3 Å². The standard InChI is InChI=1S/C23H29N2/c1-20(25(2)16-10-5-11-17-25)18-23(19-24,21-12-6-3-7-13-21)22-14-8-4-9-15-22/h3-4,6-9,12-15,20H,5,10-11,16-18H2,1-2H3/q+1. The van der Waals surface area contributed by atoms with Gasteiger partial charge in [-0.2, -0.15) is 5.26 Å². The number of nitrogens with zero attached hydrogens (tertiary/aromatic N) is 2. The Bertz CT molecular complexity index is 669. The van der Waals surface area contributed by atoms with E-state index in [9.17, 15) is 5.26 Å². The van der Waals surface area contributed by atoms with E-state index in [-0.39, 0.29) is 0 Å². The second-order valence-corrected chi connectivity index (χ2v) is 7.79. The molecule has 0 aliphatic carbocycles. The first-order valence-corrected chi connectivity index (χ1v) is 9.47. The van der Waals surface area contributed by atoms with Crippen molar-refractivity contribution in [3.63, 3.8) is 0 Å². The number of nitriles is 1. The SMILES string of the molecule is CC(CC(C#N)(c1ccccc1)c1ccccc1)[N+]1(C)CCCCC1. The molecule has 1 fully saturated rings. The molecule has 2 heteroatoms. The number of rotatable bonds is 5. The van der Waals surface area contributed by atoms with Gasteiger partial charge in [0.05, 0.1) is 32.2 Å². The van der Waals surface area contributed by atoms with Crippen LogP contribution < -0.4 is 0 Å². The van der Waals surface area contributed by atoms with Crippen molar-refractivity contribution >= 4 is 0 Å². The molecule has 1 unspecified atom stereocenters. The zero-order valence-electron chi connectivity index (χ0n) is 15.5. The lowest BCUT2D eigenvalue weighted by molar-refractivity contribution is -0.936. The van der Waals surface area contributed by atoms with E-state index in [0.717, 1.165) is 22.0 Å². The number of piperidine rings is 1. The predicted octanol–water partition coefficient (Wildman–Crippen LogP) is 4.91. The van der Waals surface area contributed by atoms with Crippen LogP contribution in [0.2, 0.25) is 0 Å². The minimum Gasteiger partial charge on any atom is -0.324 e. The second kappa shape index (κ2) is 7.42. The van der Waals surface area contributed by atoms with Crippen LogP contribution in [-0.4, -0.2) is 30.7 Å². The molecule has 0 N–H and O–H groups in total. The third-order valence-corrected chi connectivity index (χ3v) is 6.23. The maximum absolute atomic E-state index is 10.4. The van der Waals surface area contributed by atoms with Crippen LogP contribution in [0, 0.1) is 11.3 Å². The Hall–Kier alpha value is -2.11. The highest BCUT2D eigenvalue weighted by atomic mass is 15.4. The molecule has 3 rings (SSSR count). The number of quaternary nitrogens is 1. The Balaban J connectivity index is 2.01. The quantitative estimate of drug-likeness (QED) is 0.714. The van der Waals surface area contributed by atoms with Crippen LogP contribution in [0.1, 0.15) is 43.7 Å². The van der Waals surface area contributed by atoms with E-state index in [2.05, 4.69) is 44.3 Å². The fourth-order valence-electron chi connectivity index (χ4n) is 4.36. The van der Waals surface area contributed by atoms with Gasteiger partial charge in [0.2, 0.25) is 0 Å². The summed E-state index contributed by atoms with van der Waals surface area (Å²) in [6.07, 6.45) is 4.81. The average Bonchev–Trinajstić information content (AvgIpc) is 2.68. The maximum atomic E-state index is 10.4. The molecule has 1 atom stereocenters. The molecule has 0 spiro atoms. The van der Waals surface area contributed by atoms with Crippen LogP contribution in [0.15, 0.2) is 60.7 Å². The van der Waals surface area contributed by atoms with Crippen molar-refractivity contribution < 1.29 is 4.48 Å². The fraction of sp³-hybridized carbons (Fsp3) is 0.435. The zero-order chi connectivity index (χ0) is 17.8. The molecule has 2 nitrogen and oxygen atoms in total. The summed E-state index contributed by atoms with van der Waals surface area (Å²) in [5.41, 5.74) is 1.64. The molecule has 1 aliphatic rings. The van der Waals surface area contributed by atoms with E-state index in [4.69, 9.17) is 0 Å². The third kappa shape index (κ3) is 3.48. The van der Waals surface area contributed by atoms with E-state index >= 15 is 0 Å². The summed E-state index contributed by atoms with van der Waals surface area (Å²) in [5.74, 6) is 0. The second-order valence-electron chi connectivity index (χ2n) is 7.79. The summed E-state index contributed by atoms with van der Waals surface area (Å²) in [6.45, 7) is 4.79. The van der Waals surface area contributed by atoms with E-state index in [0.29, 0.717) is 6.04 Å². The number of hydrogen-bond donors (Lipinski definition) is 0. The number of likely N-dealkylation sites (tertiary alicyclic amines) is 1. The zero-order valence-corrected chi connectivity index (χ0v) is 15.5. The predicted molar refractivity (Wildman–Crippen MR) is 103 cm³/mol. The first kappa shape index (κ1) is 17.7. The van der Waals surface area contributed by atoms with Gasteiger partial charge in [-0.3, -0.25) is 0 Å². The molecular formula is C23H29N2+. The first-order chi connectivity index (χ1) is 12.1. The summed E-state index contributed by atoms with van der Waals surface area (Å²) in [5, 5.41) is 10.4. The van der Waals surface area contributed by atoms with Gasteiger partial charge in [-0.25, -0.2) is 0 Å². The Morgan fingerprint density at radius 1 is 0.920 bits per heavy atom. The molecular weight excluding hydrogens is 304 g/mol. The topological polar surface area (TPSA) is 23.8 Å².